The summed E-state index contributed by atoms with van der Waals surface area (Å²) in [6, 6.07) is 0.301. The molecule has 2 aliphatic rings. The summed E-state index contributed by atoms with van der Waals surface area (Å²) in [5.74, 6) is 1.49. The van der Waals surface area contributed by atoms with Crippen molar-refractivity contribution in [2.45, 2.75) is 64.1 Å². The number of piperidine rings is 1. The van der Waals surface area contributed by atoms with Crippen LogP contribution in [0.5, 0.6) is 0 Å². The van der Waals surface area contributed by atoms with Crippen LogP contribution in [0.1, 0.15) is 56.2 Å². The van der Waals surface area contributed by atoms with E-state index in [4.69, 9.17) is 4.98 Å². The smallest absolute Gasteiger partial charge is 0.0959 e. The van der Waals surface area contributed by atoms with Crippen LogP contribution in [0, 0.1) is 5.92 Å². The summed E-state index contributed by atoms with van der Waals surface area (Å²) < 4.78 is 0. The zero-order valence-corrected chi connectivity index (χ0v) is 12.7. The minimum absolute atomic E-state index is 0.246. The van der Waals surface area contributed by atoms with Gasteiger partial charge in [-0.3, -0.25) is 4.90 Å². The van der Waals surface area contributed by atoms with Crippen LogP contribution in [-0.2, 0) is 6.54 Å². The van der Waals surface area contributed by atoms with Crippen molar-refractivity contribution in [3.63, 3.8) is 0 Å². The Bertz CT molecular complexity index is 428. The van der Waals surface area contributed by atoms with Gasteiger partial charge in [0.25, 0.3) is 0 Å². The van der Waals surface area contributed by atoms with Crippen LogP contribution in [0.3, 0.4) is 0 Å². The average molecular weight is 280 g/mol. The van der Waals surface area contributed by atoms with Gasteiger partial charge in [0.05, 0.1) is 16.8 Å². The van der Waals surface area contributed by atoms with Crippen LogP contribution >= 0.6 is 11.3 Å². The average Bonchev–Trinajstić information content (AvgIpc) is 3.12. The highest BCUT2D eigenvalue weighted by atomic mass is 32.1. The van der Waals surface area contributed by atoms with E-state index in [1.54, 1.807) is 0 Å². The van der Waals surface area contributed by atoms with Crippen molar-refractivity contribution in [3.8, 4) is 0 Å². The zero-order chi connectivity index (χ0) is 13.4. The molecule has 1 N–H and O–H groups in total. The number of nitrogens with zero attached hydrogens (tertiary/aromatic N) is 2. The maximum absolute atomic E-state index is 9.99. The maximum atomic E-state index is 9.99. The van der Waals surface area contributed by atoms with Gasteiger partial charge in [0, 0.05) is 23.9 Å². The third kappa shape index (κ3) is 3.18. The van der Waals surface area contributed by atoms with Gasteiger partial charge in [-0.2, -0.15) is 0 Å². The van der Waals surface area contributed by atoms with E-state index in [1.165, 1.54) is 30.0 Å². The Kier molecular flexibility index (Phi) is 3.92. The predicted molar refractivity (Wildman–Crippen MR) is 78.4 cm³/mol. The lowest BCUT2D eigenvalue weighted by Crippen LogP contribution is -2.47. The summed E-state index contributed by atoms with van der Waals surface area (Å²) in [5.41, 5.74) is 1.20. The number of thiazole rings is 1. The molecule has 3 nitrogen and oxygen atoms in total. The number of rotatable bonds is 4. The second kappa shape index (κ2) is 5.51. The molecule has 19 heavy (non-hydrogen) atoms. The number of likely N-dealkylation sites (tertiary alicyclic amines) is 1. The maximum Gasteiger partial charge on any atom is 0.0959 e. The molecule has 1 aromatic heterocycles. The summed E-state index contributed by atoms with van der Waals surface area (Å²) in [6.07, 6.45) is 4.75. The number of aliphatic hydroxyl groups excluding tert-OH is 1. The van der Waals surface area contributed by atoms with Gasteiger partial charge in [0.15, 0.2) is 0 Å². The normalized spacial score (nSPS) is 30.5. The molecule has 0 radical (unpaired) electrons. The van der Waals surface area contributed by atoms with Crippen molar-refractivity contribution in [2.75, 3.05) is 6.54 Å². The molecule has 3 atom stereocenters. The monoisotopic (exact) mass is 280 g/mol. The van der Waals surface area contributed by atoms with Crippen molar-refractivity contribution >= 4 is 11.3 Å². The van der Waals surface area contributed by atoms with Gasteiger partial charge >= 0.3 is 0 Å². The lowest BCUT2D eigenvalue weighted by molar-refractivity contribution is 0.0157. The van der Waals surface area contributed by atoms with E-state index < -0.39 is 0 Å². The topological polar surface area (TPSA) is 36.4 Å². The Morgan fingerprint density at radius 2 is 2.26 bits per heavy atom. The Balaban J connectivity index is 1.65. The van der Waals surface area contributed by atoms with Crippen molar-refractivity contribution < 1.29 is 5.11 Å². The molecule has 0 amide bonds. The molecule has 3 rings (SSSR count). The van der Waals surface area contributed by atoms with Gasteiger partial charge in [-0.15, -0.1) is 11.3 Å². The minimum atomic E-state index is -0.246. The highest BCUT2D eigenvalue weighted by Gasteiger charge is 2.31. The fraction of sp³-hybridized carbons (Fsp3) is 0.800. The Labute approximate surface area is 119 Å². The van der Waals surface area contributed by atoms with Crippen LogP contribution in [0.4, 0.5) is 0 Å². The van der Waals surface area contributed by atoms with Crippen LogP contribution in [-0.4, -0.2) is 33.7 Å². The first-order chi connectivity index (χ1) is 9.13. The van der Waals surface area contributed by atoms with Gasteiger partial charge in [0.2, 0.25) is 0 Å². The molecule has 1 saturated heterocycles. The van der Waals surface area contributed by atoms with Gasteiger partial charge in [-0.05, 0) is 45.1 Å². The van der Waals surface area contributed by atoms with Gasteiger partial charge < -0.3 is 5.11 Å². The number of hydrogen-bond acceptors (Lipinski definition) is 4. The molecule has 1 saturated carbocycles. The molecule has 0 unspecified atom stereocenters. The molecule has 2 fully saturated rings. The SMILES string of the molecule is C[C@@H]1CCN(Cc2csc(C3CC3)n2)[C@@H]([C@@H](C)O)C1. The fourth-order valence-electron chi connectivity index (χ4n) is 3.05. The molecule has 0 spiro atoms. The lowest BCUT2D eigenvalue weighted by atomic mass is 9.90. The second-order valence-electron chi connectivity index (χ2n) is 6.36. The largest absolute Gasteiger partial charge is 0.392 e. The Hall–Kier alpha value is -0.450. The van der Waals surface area contributed by atoms with E-state index in [9.17, 15) is 5.11 Å². The predicted octanol–water partition coefficient (Wildman–Crippen LogP) is 3.00. The molecule has 0 aromatic carbocycles. The zero-order valence-electron chi connectivity index (χ0n) is 11.9. The molecule has 1 aliphatic heterocycles. The van der Waals surface area contributed by atoms with Crippen LogP contribution in [0.15, 0.2) is 5.38 Å². The molecule has 2 heterocycles. The van der Waals surface area contributed by atoms with Gasteiger partial charge in [0.1, 0.15) is 0 Å². The van der Waals surface area contributed by atoms with E-state index in [-0.39, 0.29) is 6.10 Å². The first-order valence-corrected chi connectivity index (χ1v) is 8.38. The molecule has 1 aromatic rings. The third-order valence-corrected chi connectivity index (χ3v) is 5.50. The number of aromatic nitrogens is 1. The third-order valence-electron chi connectivity index (χ3n) is 4.44. The Morgan fingerprint density at radius 1 is 1.47 bits per heavy atom. The van der Waals surface area contributed by atoms with E-state index in [0.29, 0.717) is 6.04 Å². The highest BCUT2D eigenvalue weighted by molar-refractivity contribution is 7.09. The quantitative estimate of drug-likeness (QED) is 0.921. The molecule has 1 aliphatic carbocycles. The van der Waals surface area contributed by atoms with E-state index in [2.05, 4.69) is 17.2 Å². The van der Waals surface area contributed by atoms with E-state index >= 15 is 0 Å². The Morgan fingerprint density at radius 3 is 2.95 bits per heavy atom. The molecular weight excluding hydrogens is 256 g/mol. The molecule has 4 heteroatoms. The fourth-order valence-corrected chi connectivity index (χ4v) is 4.03. The first kappa shape index (κ1) is 13.5. The molecular formula is C15H24N2OS. The van der Waals surface area contributed by atoms with Crippen LogP contribution in [0.25, 0.3) is 0 Å². The second-order valence-corrected chi connectivity index (χ2v) is 7.25. The molecule has 0 bridgehead atoms. The van der Waals surface area contributed by atoms with E-state index in [0.717, 1.165) is 31.3 Å². The van der Waals surface area contributed by atoms with Crippen molar-refractivity contribution in [3.05, 3.63) is 16.1 Å². The summed E-state index contributed by atoms with van der Waals surface area (Å²) in [5, 5.41) is 13.5. The highest BCUT2D eigenvalue weighted by Crippen LogP contribution is 2.41. The summed E-state index contributed by atoms with van der Waals surface area (Å²) in [4.78, 5) is 7.20. The summed E-state index contributed by atoms with van der Waals surface area (Å²) >= 11 is 1.82. The number of aliphatic hydroxyl groups is 1. The summed E-state index contributed by atoms with van der Waals surface area (Å²) in [7, 11) is 0. The van der Waals surface area contributed by atoms with Gasteiger partial charge in [-0.25, -0.2) is 4.98 Å². The van der Waals surface area contributed by atoms with Gasteiger partial charge in [-0.1, -0.05) is 6.92 Å². The standard InChI is InChI=1S/C15H24N2OS/c1-10-5-6-17(14(7-10)11(2)18)8-13-9-19-15(16-13)12-3-4-12/h9-12,14,18H,3-8H2,1-2H3/t10-,11-,14-/m1/s1. The van der Waals surface area contributed by atoms with Crippen molar-refractivity contribution in [2.24, 2.45) is 5.92 Å². The number of hydrogen-bond donors (Lipinski definition) is 1. The first-order valence-electron chi connectivity index (χ1n) is 7.50. The summed E-state index contributed by atoms with van der Waals surface area (Å²) in [6.45, 7) is 6.21. The van der Waals surface area contributed by atoms with Crippen molar-refractivity contribution in [1.82, 2.24) is 9.88 Å². The lowest BCUT2D eigenvalue weighted by Gasteiger charge is -2.39. The van der Waals surface area contributed by atoms with Crippen LogP contribution < -0.4 is 0 Å². The van der Waals surface area contributed by atoms with Crippen molar-refractivity contribution in [1.29, 1.82) is 0 Å². The molecule has 106 valence electrons. The van der Waals surface area contributed by atoms with E-state index in [1.807, 2.05) is 18.3 Å². The van der Waals surface area contributed by atoms with Crippen LogP contribution in [0.2, 0.25) is 0 Å². The minimum Gasteiger partial charge on any atom is -0.392 e.